The molecule has 0 saturated carbocycles. The number of benzene rings is 3. The van der Waals surface area contributed by atoms with E-state index in [0.29, 0.717) is 38.9 Å². The Kier molecular flexibility index (Phi) is 9.83. The number of aromatic nitrogens is 4. The fraction of sp³-hybridized carbons (Fsp3) is 0.290. The van der Waals surface area contributed by atoms with Crippen LogP contribution in [0.25, 0.3) is 22.1 Å². The molecule has 1 N–H and O–H groups in total. The summed E-state index contributed by atoms with van der Waals surface area (Å²) in [6.07, 6.45) is 1.90. The molecule has 2 aromatic heterocycles. The van der Waals surface area contributed by atoms with Crippen molar-refractivity contribution in [3.05, 3.63) is 96.1 Å². The average Bonchev–Trinajstić information content (AvgIpc) is 3.53. The molecule has 0 fully saturated rings. The van der Waals surface area contributed by atoms with Gasteiger partial charge in [0.05, 0.1) is 48.1 Å². The SMILES string of the molecule is CCOC(=O)CCc1nc2ccccc2[nH]1.CCOC(=O)CCc1nc2ccccc2n1Cc1ccccc1. The molecule has 8 nitrogen and oxygen atoms in total. The average molecular weight is 527 g/mol. The van der Waals surface area contributed by atoms with Gasteiger partial charge in [0.15, 0.2) is 0 Å². The number of imidazole rings is 2. The molecule has 0 amide bonds. The zero-order valence-electron chi connectivity index (χ0n) is 22.4. The summed E-state index contributed by atoms with van der Waals surface area (Å²) in [6, 6.07) is 26.2. The second-order valence-corrected chi connectivity index (χ2v) is 8.90. The van der Waals surface area contributed by atoms with Crippen molar-refractivity contribution in [1.29, 1.82) is 0 Å². The third-order valence-corrected chi connectivity index (χ3v) is 6.08. The number of nitrogens with zero attached hydrogens (tertiary/aromatic N) is 3. The molecule has 0 radical (unpaired) electrons. The molecule has 0 unspecified atom stereocenters. The summed E-state index contributed by atoms with van der Waals surface area (Å²) in [6.45, 7) is 5.22. The van der Waals surface area contributed by atoms with Crippen LogP contribution in [-0.4, -0.2) is 44.7 Å². The number of rotatable bonds is 10. The Morgan fingerprint density at radius 3 is 2.05 bits per heavy atom. The molecular formula is C31H34N4O4. The van der Waals surface area contributed by atoms with Crippen LogP contribution >= 0.6 is 0 Å². The second kappa shape index (κ2) is 13.9. The number of aromatic amines is 1. The monoisotopic (exact) mass is 526 g/mol. The Morgan fingerprint density at radius 1 is 0.744 bits per heavy atom. The van der Waals surface area contributed by atoms with Crippen LogP contribution in [0.15, 0.2) is 78.9 Å². The number of ether oxygens (including phenoxy) is 2. The molecule has 0 bridgehead atoms. The van der Waals surface area contributed by atoms with E-state index in [1.54, 1.807) is 6.92 Å². The lowest BCUT2D eigenvalue weighted by atomic mass is 10.2. The highest BCUT2D eigenvalue weighted by molar-refractivity contribution is 5.77. The van der Waals surface area contributed by atoms with Crippen LogP contribution in [0.1, 0.15) is 43.9 Å². The predicted molar refractivity (Wildman–Crippen MR) is 151 cm³/mol. The van der Waals surface area contributed by atoms with Gasteiger partial charge in [-0.1, -0.05) is 54.6 Å². The molecule has 0 spiro atoms. The van der Waals surface area contributed by atoms with Gasteiger partial charge in [-0.05, 0) is 43.7 Å². The molecule has 0 aliphatic rings. The van der Waals surface area contributed by atoms with Gasteiger partial charge in [-0.3, -0.25) is 9.59 Å². The van der Waals surface area contributed by atoms with Crippen LogP contribution in [0.2, 0.25) is 0 Å². The normalized spacial score (nSPS) is 10.7. The number of para-hydroxylation sites is 4. The maximum absolute atomic E-state index is 11.6. The van der Waals surface area contributed by atoms with Gasteiger partial charge >= 0.3 is 11.9 Å². The van der Waals surface area contributed by atoms with Gasteiger partial charge in [-0.2, -0.15) is 0 Å². The van der Waals surface area contributed by atoms with Gasteiger partial charge in [-0.15, -0.1) is 0 Å². The van der Waals surface area contributed by atoms with Crippen molar-refractivity contribution in [3.63, 3.8) is 0 Å². The zero-order chi connectivity index (χ0) is 27.5. The van der Waals surface area contributed by atoms with Gasteiger partial charge < -0.3 is 19.0 Å². The van der Waals surface area contributed by atoms with Crippen molar-refractivity contribution in [2.75, 3.05) is 13.2 Å². The standard InChI is InChI=1S/C19H20N2O2.C12H14N2O2/c1-2-23-19(22)13-12-18-20-16-10-6-7-11-17(16)21(18)14-15-8-4-3-5-9-15;1-2-16-12(15)8-7-11-13-9-5-3-4-6-10(9)14-11/h3-11H,2,12-14H2,1H3;3-6H,2,7-8H2,1H3,(H,13,14). The molecule has 3 aromatic carbocycles. The van der Waals surface area contributed by atoms with Gasteiger partial charge in [0.1, 0.15) is 11.6 Å². The number of aryl methyl sites for hydroxylation is 2. The molecule has 0 aliphatic heterocycles. The van der Waals surface area contributed by atoms with Crippen LogP contribution < -0.4 is 0 Å². The van der Waals surface area contributed by atoms with E-state index in [1.807, 2.05) is 67.6 Å². The summed E-state index contributed by atoms with van der Waals surface area (Å²) in [5.41, 5.74) is 5.20. The number of fused-ring (bicyclic) bond motifs is 2. The molecule has 0 aliphatic carbocycles. The summed E-state index contributed by atoms with van der Waals surface area (Å²) >= 11 is 0. The summed E-state index contributed by atoms with van der Waals surface area (Å²) < 4.78 is 12.1. The highest BCUT2D eigenvalue weighted by Gasteiger charge is 2.13. The van der Waals surface area contributed by atoms with Crippen LogP contribution in [0.4, 0.5) is 0 Å². The van der Waals surface area contributed by atoms with Crippen molar-refractivity contribution in [2.24, 2.45) is 0 Å². The van der Waals surface area contributed by atoms with E-state index >= 15 is 0 Å². The van der Waals surface area contributed by atoms with E-state index in [1.165, 1.54) is 5.56 Å². The quantitative estimate of drug-likeness (QED) is 0.237. The number of carbonyl (C=O) groups excluding carboxylic acids is 2. The number of hydrogen-bond acceptors (Lipinski definition) is 6. The smallest absolute Gasteiger partial charge is 0.306 e. The third kappa shape index (κ3) is 7.77. The first-order valence-corrected chi connectivity index (χ1v) is 13.3. The predicted octanol–water partition coefficient (Wildman–Crippen LogP) is 5.64. The fourth-order valence-corrected chi connectivity index (χ4v) is 4.28. The molecule has 0 saturated heterocycles. The lowest BCUT2D eigenvalue weighted by molar-refractivity contribution is -0.144. The molecule has 202 valence electrons. The van der Waals surface area contributed by atoms with Crippen LogP contribution in [-0.2, 0) is 38.4 Å². The van der Waals surface area contributed by atoms with Gasteiger partial charge in [0.25, 0.3) is 0 Å². The Balaban J connectivity index is 0.000000193. The molecule has 5 rings (SSSR count). The number of carbonyl (C=O) groups is 2. The van der Waals surface area contributed by atoms with E-state index in [4.69, 9.17) is 14.5 Å². The van der Waals surface area contributed by atoms with E-state index in [2.05, 4.69) is 32.7 Å². The minimum Gasteiger partial charge on any atom is -0.466 e. The third-order valence-electron chi connectivity index (χ3n) is 6.08. The lowest BCUT2D eigenvalue weighted by Gasteiger charge is -2.09. The van der Waals surface area contributed by atoms with Crippen molar-refractivity contribution in [2.45, 2.75) is 46.1 Å². The van der Waals surface area contributed by atoms with Gasteiger partial charge in [0.2, 0.25) is 0 Å². The van der Waals surface area contributed by atoms with Crippen molar-refractivity contribution >= 4 is 34.0 Å². The molecular weight excluding hydrogens is 492 g/mol. The first kappa shape index (κ1) is 27.6. The van der Waals surface area contributed by atoms with Gasteiger partial charge in [0, 0.05) is 19.4 Å². The minimum absolute atomic E-state index is 0.175. The maximum Gasteiger partial charge on any atom is 0.306 e. The number of esters is 2. The first-order valence-electron chi connectivity index (χ1n) is 13.3. The largest absolute Gasteiger partial charge is 0.466 e. The van der Waals surface area contributed by atoms with E-state index in [0.717, 1.165) is 40.3 Å². The Hall–Kier alpha value is -4.46. The van der Waals surface area contributed by atoms with Crippen molar-refractivity contribution < 1.29 is 19.1 Å². The molecule has 5 aromatic rings. The van der Waals surface area contributed by atoms with E-state index in [9.17, 15) is 9.59 Å². The summed E-state index contributed by atoms with van der Waals surface area (Å²) in [5.74, 6) is 1.39. The van der Waals surface area contributed by atoms with Crippen LogP contribution in [0, 0.1) is 0 Å². The first-order chi connectivity index (χ1) is 19.1. The minimum atomic E-state index is -0.178. The van der Waals surface area contributed by atoms with E-state index in [-0.39, 0.29) is 11.9 Å². The Morgan fingerprint density at radius 2 is 1.36 bits per heavy atom. The number of hydrogen-bond donors (Lipinski definition) is 1. The molecule has 8 heteroatoms. The summed E-state index contributed by atoms with van der Waals surface area (Å²) in [4.78, 5) is 35.1. The fourth-order valence-electron chi connectivity index (χ4n) is 4.28. The zero-order valence-corrected chi connectivity index (χ0v) is 22.4. The summed E-state index contributed by atoms with van der Waals surface area (Å²) in [5, 5.41) is 0. The van der Waals surface area contributed by atoms with Crippen molar-refractivity contribution in [1.82, 2.24) is 19.5 Å². The Bertz CT molecular complexity index is 1470. The Labute approximate surface area is 228 Å². The number of nitrogens with one attached hydrogen (secondary N) is 1. The molecule has 2 heterocycles. The van der Waals surface area contributed by atoms with Crippen LogP contribution in [0.3, 0.4) is 0 Å². The summed E-state index contributed by atoms with van der Waals surface area (Å²) in [7, 11) is 0. The molecule has 39 heavy (non-hydrogen) atoms. The lowest BCUT2D eigenvalue weighted by Crippen LogP contribution is -2.10. The second-order valence-electron chi connectivity index (χ2n) is 8.90. The highest BCUT2D eigenvalue weighted by atomic mass is 16.5. The van der Waals surface area contributed by atoms with Crippen molar-refractivity contribution in [3.8, 4) is 0 Å². The van der Waals surface area contributed by atoms with E-state index < -0.39 is 0 Å². The number of H-pyrrole nitrogens is 1. The topological polar surface area (TPSA) is 99.1 Å². The van der Waals surface area contributed by atoms with Crippen LogP contribution in [0.5, 0.6) is 0 Å². The van der Waals surface area contributed by atoms with Gasteiger partial charge in [-0.25, -0.2) is 9.97 Å². The maximum atomic E-state index is 11.6. The molecule has 0 atom stereocenters. The highest BCUT2D eigenvalue weighted by Crippen LogP contribution is 2.19.